The lowest BCUT2D eigenvalue weighted by molar-refractivity contribution is -0.134. The summed E-state index contributed by atoms with van der Waals surface area (Å²) in [7, 11) is 0. The zero-order valence-electron chi connectivity index (χ0n) is 13.8. The maximum Gasteiger partial charge on any atom is 0.246 e. The van der Waals surface area contributed by atoms with E-state index in [0.717, 1.165) is 5.56 Å². The van der Waals surface area contributed by atoms with Gasteiger partial charge in [0.1, 0.15) is 12.2 Å². The SMILES string of the molecule is N#Cc1ccc(OC2CN(C(=O)/C=C/c3ccc4c(c3)OCO4)C2)nc1. The van der Waals surface area contributed by atoms with Crippen molar-refractivity contribution in [2.45, 2.75) is 6.10 Å². The number of pyridine rings is 1. The first-order valence-corrected chi connectivity index (χ1v) is 8.11. The Hall–Kier alpha value is -3.53. The van der Waals surface area contributed by atoms with Crippen LogP contribution in [0.15, 0.2) is 42.6 Å². The number of carbonyl (C=O) groups is 1. The van der Waals surface area contributed by atoms with E-state index in [-0.39, 0.29) is 18.8 Å². The number of ether oxygens (including phenoxy) is 3. The molecule has 1 aromatic carbocycles. The number of nitriles is 1. The molecule has 1 aromatic heterocycles. The second kappa shape index (κ2) is 6.76. The lowest BCUT2D eigenvalue weighted by atomic mass is 10.1. The number of hydrogen-bond donors (Lipinski definition) is 0. The van der Waals surface area contributed by atoms with Crippen LogP contribution in [0.1, 0.15) is 11.1 Å². The van der Waals surface area contributed by atoms with E-state index in [9.17, 15) is 4.79 Å². The number of rotatable bonds is 4. The van der Waals surface area contributed by atoms with Gasteiger partial charge in [-0.3, -0.25) is 4.79 Å². The van der Waals surface area contributed by atoms with Gasteiger partial charge in [-0.25, -0.2) is 4.98 Å². The number of amides is 1. The zero-order valence-corrected chi connectivity index (χ0v) is 13.8. The minimum atomic E-state index is -0.0849. The maximum absolute atomic E-state index is 12.2. The molecular formula is C19H15N3O4. The van der Waals surface area contributed by atoms with Crippen LogP contribution in [0.2, 0.25) is 0 Å². The normalized spacial score (nSPS) is 15.6. The Labute approximate surface area is 150 Å². The molecule has 4 rings (SSSR count). The smallest absolute Gasteiger partial charge is 0.246 e. The van der Waals surface area contributed by atoms with Crippen LogP contribution < -0.4 is 14.2 Å². The number of aromatic nitrogens is 1. The van der Waals surface area contributed by atoms with E-state index in [4.69, 9.17) is 19.5 Å². The molecule has 0 N–H and O–H groups in total. The molecule has 0 saturated carbocycles. The Morgan fingerprint density at radius 2 is 2.12 bits per heavy atom. The minimum Gasteiger partial charge on any atom is -0.471 e. The van der Waals surface area contributed by atoms with Crippen molar-refractivity contribution in [3.05, 3.63) is 53.7 Å². The first-order valence-electron chi connectivity index (χ1n) is 8.11. The average Bonchev–Trinajstić information content (AvgIpc) is 3.10. The molecule has 1 amide bonds. The zero-order chi connectivity index (χ0) is 17.9. The van der Waals surface area contributed by atoms with Gasteiger partial charge in [-0.1, -0.05) is 6.07 Å². The van der Waals surface area contributed by atoms with E-state index in [1.54, 1.807) is 23.1 Å². The summed E-state index contributed by atoms with van der Waals surface area (Å²) in [4.78, 5) is 17.9. The van der Waals surface area contributed by atoms with Crippen molar-refractivity contribution >= 4 is 12.0 Å². The predicted octanol–water partition coefficient (Wildman–Crippen LogP) is 1.98. The van der Waals surface area contributed by atoms with Crippen molar-refractivity contribution in [2.75, 3.05) is 19.9 Å². The highest BCUT2D eigenvalue weighted by molar-refractivity contribution is 5.92. The second-order valence-electron chi connectivity index (χ2n) is 5.93. The molecule has 0 radical (unpaired) electrons. The van der Waals surface area contributed by atoms with Crippen LogP contribution in [0.25, 0.3) is 6.08 Å². The molecule has 7 nitrogen and oxygen atoms in total. The van der Waals surface area contributed by atoms with Crippen molar-refractivity contribution in [3.63, 3.8) is 0 Å². The first-order chi connectivity index (χ1) is 12.7. The fourth-order valence-corrected chi connectivity index (χ4v) is 2.67. The van der Waals surface area contributed by atoms with Crippen molar-refractivity contribution in [1.29, 1.82) is 5.26 Å². The third-order valence-corrected chi connectivity index (χ3v) is 4.13. The quantitative estimate of drug-likeness (QED) is 0.785. The predicted molar refractivity (Wildman–Crippen MR) is 91.5 cm³/mol. The summed E-state index contributed by atoms with van der Waals surface area (Å²) in [6, 6.07) is 10.8. The highest BCUT2D eigenvalue weighted by atomic mass is 16.7. The van der Waals surface area contributed by atoms with Gasteiger partial charge in [0.25, 0.3) is 0 Å². The third kappa shape index (κ3) is 3.30. The number of hydrogen-bond acceptors (Lipinski definition) is 6. The molecule has 2 aromatic rings. The number of carbonyl (C=O) groups excluding carboxylic acids is 1. The summed E-state index contributed by atoms with van der Waals surface area (Å²) in [5.41, 5.74) is 1.36. The van der Waals surface area contributed by atoms with Crippen LogP contribution in [0.4, 0.5) is 0 Å². The monoisotopic (exact) mass is 349 g/mol. The molecule has 0 atom stereocenters. The van der Waals surface area contributed by atoms with Gasteiger partial charge in [-0.2, -0.15) is 5.26 Å². The van der Waals surface area contributed by atoms with Gasteiger partial charge in [-0.15, -0.1) is 0 Å². The average molecular weight is 349 g/mol. The van der Waals surface area contributed by atoms with E-state index < -0.39 is 0 Å². The van der Waals surface area contributed by atoms with Crippen LogP contribution >= 0.6 is 0 Å². The van der Waals surface area contributed by atoms with Crippen LogP contribution in [0.5, 0.6) is 17.4 Å². The molecule has 130 valence electrons. The molecule has 0 unspecified atom stereocenters. The molecular weight excluding hydrogens is 334 g/mol. The van der Waals surface area contributed by atoms with Gasteiger partial charge in [0.15, 0.2) is 11.5 Å². The molecule has 0 spiro atoms. The molecule has 3 heterocycles. The van der Waals surface area contributed by atoms with Gasteiger partial charge >= 0.3 is 0 Å². The van der Waals surface area contributed by atoms with E-state index in [2.05, 4.69) is 4.98 Å². The fourth-order valence-electron chi connectivity index (χ4n) is 2.67. The van der Waals surface area contributed by atoms with E-state index in [1.165, 1.54) is 12.3 Å². The third-order valence-electron chi connectivity index (χ3n) is 4.13. The summed E-state index contributed by atoms with van der Waals surface area (Å²) in [5.74, 6) is 1.78. The summed E-state index contributed by atoms with van der Waals surface area (Å²) < 4.78 is 16.3. The van der Waals surface area contributed by atoms with E-state index in [0.29, 0.717) is 36.0 Å². The molecule has 7 heteroatoms. The standard InChI is InChI=1S/C19H15N3O4/c20-8-14-2-5-18(21-9-14)26-15-10-22(11-15)19(23)6-3-13-1-4-16-17(7-13)25-12-24-16/h1-7,9,15H,10-12H2/b6-3+. The number of nitrogens with zero attached hydrogens (tertiary/aromatic N) is 3. The van der Waals surface area contributed by atoms with Crippen LogP contribution in [-0.4, -0.2) is 41.8 Å². The topological polar surface area (TPSA) is 84.7 Å². The second-order valence-corrected chi connectivity index (χ2v) is 5.93. The van der Waals surface area contributed by atoms with Gasteiger partial charge in [0, 0.05) is 18.3 Å². The van der Waals surface area contributed by atoms with Crippen LogP contribution in [0.3, 0.4) is 0 Å². The molecule has 1 fully saturated rings. The Bertz CT molecular complexity index is 896. The Balaban J connectivity index is 1.28. The van der Waals surface area contributed by atoms with Crippen LogP contribution in [-0.2, 0) is 4.79 Å². The Morgan fingerprint density at radius 3 is 2.88 bits per heavy atom. The summed E-state index contributed by atoms with van der Waals surface area (Å²) in [5, 5.41) is 8.75. The first kappa shape index (κ1) is 16.0. The van der Waals surface area contributed by atoms with Gasteiger partial charge in [0.2, 0.25) is 18.6 Å². The highest BCUT2D eigenvalue weighted by Gasteiger charge is 2.31. The highest BCUT2D eigenvalue weighted by Crippen LogP contribution is 2.32. The number of benzene rings is 1. The van der Waals surface area contributed by atoms with Crippen molar-refractivity contribution in [1.82, 2.24) is 9.88 Å². The maximum atomic E-state index is 12.2. The lowest BCUT2D eigenvalue weighted by Crippen LogP contribution is -2.55. The number of likely N-dealkylation sites (tertiary alicyclic amines) is 1. The molecule has 1 saturated heterocycles. The lowest BCUT2D eigenvalue weighted by Gasteiger charge is -2.38. The number of fused-ring (bicyclic) bond motifs is 1. The Morgan fingerprint density at radius 1 is 1.27 bits per heavy atom. The van der Waals surface area contributed by atoms with E-state index in [1.807, 2.05) is 24.3 Å². The molecule has 0 aliphatic carbocycles. The fraction of sp³-hybridized carbons (Fsp3) is 0.211. The van der Waals surface area contributed by atoms with Crippen molar-refractivity contribution in [2.24, 2.45) is 0 Å². The molecule has 2 aliphatic rings. The molecule has 0 bridgehead atoms. The summed E-state index contributed by atoms with van der Waals surface area (Å²) in [6.07, 6.45) is 4.66. The summed E-state index contributed by atoms with van der Waals surface area (Å²) >= 11 is 0. The molecule has 2 aliphatic heterocycles. The minimum absolute atomic E-state index is 0.0738. The summed E-state index contributed by atoms with van der Waals surface area (Å²) in [6.45, 7) is 1.24. The van der Waals surface area contributed by atoms with Crippen LogP contribution in [0, 0.1) is 11.3 Å². The van der Waals surface area contributed by atoms with E-state index >= 15 is 0 Å². The van der Waals surface area contributed by atoms with Crippen molar-refractivity contribution < 1.29 is 19.0 Å². The Kier molecular flexibility index (Phi) is 4.15. The van der Waals surface area contributed by atoms with Crippen molar-refractivity contribution in [3.8, 4) is 23.4 Å². The van der Waals surface area contributed by atoms with Gasteiger partial charge in [0.05, 0.1) is 18.7 Å². The van der Waals surface area contributed by atoms with Gasteiger partial charge in [-0.05, 0) is 29.8 Å². The van der Waals surface area contributed by atoms with Gasteiger partial charge < -0.3 is 19.1 Å². The largest absolute Gasteiger partial charge is 0.471 e. The molecule has 26 heavy (non-hydrogen) atoms.